The number of ether oxygens (including phenoxy) is 5. The molecule has 4 N–H and O–H groups in total. The monoisotopic (exact) mass is 524 g/mol. The van der Waals surface area contributed by atoms with Crippen molar-refractivity contribution >= 4 is 0 Å². The van der Waals surface area contributed by atoms with E-state index in [9.17, 15) is 29.4 Å². The lowest BCUT2D eigenvalue weighted by Crippen LogP contribution is -2.40. The minimum atomic E-state index is -1.22. The Morgan fingerprint density at radius 2 is 1.16 bits per heavy atom. The number of H-pyrrole nitrogens is 2. The molecule has 3 aliphatic heterocycles. The molecular weight excluding hydrogens is 496 g/mol. The first-order valence-electron chi connectivity index (χ1n) is 11.9. The molecule has 37 heavy (non-hydrogen) atoms. The van der Waals surface area contributed by atoms with E-state index in [1.54, 1.807) is 0 Å². The summed E-state index contributed by atoms with van der Waals surface area (Å²) in [4.78, 5) is 51.6. The Balaban J connectivity index is 1.32. The summed E-state index contributed by atoms with van der Waals surface area (Å²) >= 11 is 0. The smallest absolute Gasteiger partial charge is 0.330 e. The van der Waals surface area contributed by atoms with Gasteiger partial charge in [0, 0.05) is 37.7 Å². The van der Waals surface area contributed by atoms with E-state index in [1.807, 2.05) is 0 Å². The number of fused-ring (bicyclic) bond motifs is 2. The van der Waals surface area contributed by atoms with Gasteiger partial charge in [0.05, 0.1) is 13.2 Å². The first-order chi connectivity index (χ1) is 17.8. The molecule has 3 fully saturated rings. The second-order valence-electron chi connectivity index (χ2n) is 9.06. The van der Waals surface area contributed by atoms with Gasteiger partial charge in [-0.25, -0.2) is 9.59 Å². The average Bonchev–Trinajstić information content (AvgIpc) is 3.32. The van der Waals surface area contributed by atoms with Gasteiger partial charge in [-0.15, -0.1) is 0 Å². The minimum absolute atomic E-state index is 0.0533. The highest BCUT2D eigenvalue weighted by atomic mass is 16.6. The van der Waals surface area contributed by atoms with Crippen LogP contribution in [-0.4, -0.2) is 92.4 Å². The maximum Gasteiger partial charge on any atom is 0.330 e. The summed E-state index contributed by atoms with van der Waals surface area (Å²) in [7, 11) is 0. The Morgan fingerprint density at radius 3 is 1.57 bits per heavy atom. The fourth-order valence-electron chi connectivity index (χ4n) is 4.78. The Morgan fingerprint density at radius 1 is 0.730 bits per heavy atom. The van der Waals surface area contributed by atoms with Gasteiger partial charge in [0.1, 0.15) is 36.6 Å². The summed E-state index contributed by atoms with van der Waals surface area (Å²) in [5, 5.41) is 21.8. The number of aliphatic hydroxyl groups is 2. The minimum Gasteiger partial charge on any atom is -0.386 e. The zero-order valence-electron chi connectivity index (χ0n) is 19.6. The van der Waals surface area contributed by atoms with Crippen LogP contribution in [0.25, 0.3) is 0 Å². The highest BCUT2D eigenvalue weighted by molar-refractivity contribution is 4.96. The lowest BCUT2D eigenvalue weighted by molar-refractivity contribution is -0.108. The van der Waals surface area contributed by atoms with E-state index in [1.165, 1.54) is 12.4 Å². The van der Waals surface area contributed by atoms with Crippen molar-refractivity contribution in [2.45, 2.75) is 61.9 Å². The molecule has 3 aliphatic rings. The van der Waals surface area contributed by atoms with E-state index in [-0.39, 0.29) is 26.4 Å². The molecule has 0 radical (unpaired) electrons. The predicted octanol–water partition coefficient (Wildman–Crippen LogP) is -2.82. The third-order valence-electron chi connectivity index (χ3n) is 6.59. The second kappa shape index (κ2) is 10.8. The summed E-state index contributed by atoms with van der Waals surface area (Å²) in [6.45, 7) is 0.423. The number of aliphatic hydroxyl groups excluding tert-OH is 2. The molecule has 0 bridgehead atoms. The van der Waals surface area contributed by atoms with Crippen molar-refractivity contribution in [3.63, 3.8) is 0 Å². The Bertz CT molecular complexity index is 1220. The Labute approximate surface area is 208 Å². The van der Waals surface area contributed by atoms with E-state index >= 15 is 0 Å². The number of hydrogen-bond acceptors (Lipinski definition) is 11. The molecule has 0 aliphatic carbocycles. The Kier molecular flexibility index (Phi) is 7.52. The number of nitrogens with one attached hydrogen (secondary N) is 2. The van der Waals surface area contributed by atoms with Crippen LogP contribution in [0.15, 0.2) is 43.7 Å². The van der Waals surface area contributed by atoms with E-state index in [0.29, 0.717) is 12.8 Å². The third-order valence-corrected chi connectivity index (χ3v) is 6.59. The third kappa shape index (κ3) is 5.24. The summed E-state index contributed by atoms with van der Waals surface area (Å²) in [6.07, 6.45) is -4.18. The van der Waals surface area contributed by atoms with Gasteiger partial charge in [-0.2, -0.15) is 0 Å². The van der Waals surface area contributed by atoms with Crippen LogP contribution in [0.5, 0.6) is 0 Å². The van der Waals surface area contributed by atoms with Crippen LogP contribution < -0.4 is 22.5 Å². The molecule has 15 nitrogen and oxygen atoms in total. The van der Waals surface area contributed by atoms with Crippen molar-refractivity contribution in [2.24, 2.45) is 0 Å². The van der Waals surface area contributed by atoms with Crippen LogP contribution in [0.2, 0.25) is 0 Å². The molecule has 0 saturated carbocycles. The van der Waals surface area contributed by atoms with Gasteiger partial charge in [0.15, 0.2) is 12.5 Å². The van der Waals surface area contributed by atoms with Gasteiger partial charge in [-0.1, -0.05) is 0 Å². The summed E-state index contributed by atoms with van der Waals surface area (Å²) < 4.78 is 31.5. The molecule has 5 heterocycles. The van der Waals surface area contributed by atoms with E-state index < -0.39 is 71.6 Å². The van der Waals surface area contributed by atoms with Gasteiger partial charge < -0.3 is 33.9 Å². The van der Waals surface area contributed by atoms with Gasteiger partial charge in [-0.05, 0) is 12.8 Å². The van der Waals surface area contributed by atoms with E-state index in [4.69, 9.17) is 23.7 Å². The van der Waals surface area contributed by atoms with Crippen LogP contribution in [0.3, 0.4) is 0 Å². The van der Waals surface area contributed by atoms with Crippen molar-refractivity contribution in [1.29, 1.82) is 0 Å². The number of rotatable bonds is 2. The molecular formula is C22H28N4O11. The maximum absolute atomic E-state index is 12.2. The highest BCUT2D eigenvalue weighted by Gasteiger charge is 2.48. The van der Waals surface area contributed by atoms with Gasteiger partial charge in [-0.3, -0.25) is 28.7 Å². The number of aromatic amines is 2. The van der Waals surface area contributed by atoms with Gasteiger partial charge in [0.2, 0.25) is 0 Å². The largest absolute Gasteiger partial charge is 0.386 e. The maximum atomic E-state index is 12.2. The normalized spacial score (nSPS) is 35.1. The summed E-state index contributed by atoms with van der Waals surface area (Å²) in [5.41, 5.74) is -2.62. The highest BCUT2D eigenvalue weighted by Crippen LogP contribution is 2.33. The van der Waals surface area contributed by atoms with Crippen molar-refractivity contribution in [3.8, 4) is 0 Å². The molecule has 0 unspecified atom stereocenters. The van der Waals surface area contributed by atoms with Crippen LogP contribution in [0.4, 0.5) is 0 Å². The standard InChI is InChI=1S/C22H28N4O11/c27-13-3-5-25(21(31)23-13)19-15(29)17-11(36-19)9-33-10-12-18(35-8-2-1-7-34-17)16(30)20(37-12)26-6-4-14(28)24-22(26)32/h3-6,11-12,15-20,29-30H,1-2,7-10H2,(H,23,27,31)(H,24,28,32)/t11-,12-,15-,16-,17+,18+,19-,20-/m1/s1. The first kappa shape index (κ1) is 25.7. The predicted molar refractivity (Wildman–Crippen MR) is 122 cm³/mol. The summed E-state index contributed by atoms with van der Waals surface area (Å²) in [5.74, 6) is 0. The molecule has 0 spiro atoms. The first-order valence-corrected chi connectivity index (χ1v) is 11.9. The quantitative estimate of drug-likeness (QED) is 0.316. The number of nitrogens with zero attached hydrogens (tertiary/aromatic N) is 2. The molecule has 5 rings (SSSR count). The van der Waals surface area contributed by atoms with Crippen molar-refractivity contribution in [3.05, 3.63) is 66.2 Å². The molecule has 2 aromatic heterocycles. The summed E-state index contributed by atoms with van der Waals surface area (Å²) in [6, 6.07) is 2.30. The topological polar surface area (TPSA) is 196 Å². The molecule has 202 valence electrons. The molecule has 15 heteroatoms. The van der Waals surface area contributed by atoms with Crippen LogP contribution in [0.1, 0.15) is 25.3 Å². The average molecular weight is 524 g/mol. The second-order valence-corrected chi connectivity index (χ2v) is 9.06. The lowest BCUT2D eigenvalue weighted by atomic mass is 10.1. The lowest BCUT2D eigenvalue weighted by Gasteiger charge is -2.22. The van der Waals surface area contributed by atoms with Crippen molar-refractivity contribution in [1.82, 2.24) is 19.1 Å². The Hall–Kier alpha value is -2.92. The van der Waals surface area contributed by atoms with Crippen molar-refractivity contribution < 1.29 is 33.9 Å². The number of hydrogen-bond donors (Lipinski definition) is 4. The SMILES string of the molecule is O=c1ccn([C@@H]2O[C@@H]3COC[C@H]4O[C@@H](n5ccc(=O)[nH]c5=O)[C@H](O)[C@H]4OCCCCO[C@@H]3[C@H]2O)c(=O)[nH]1. The van der Waals surface area contributed by atoms with Crippen LogP contribution >= 0.6 is 0 Å². The van der Waals surface area contributed by atoms with Crippen LogP contribution in [-0.2, 0) is 23.7 Å². The fraction of sp³-hybridized carbons (Fsp3) is 0.636. The van der Waals surface area contributed by atoms with Crippen LogP contribution in [0, 0.1) is 0 Å². The molecule has 0 amide bonds. The molecule has 8 atom stereocenters. The van der Waals surface area contributed by atoms with Gasteiger partial charge in [0.25, 0.3) is 11.1 Å². The molecule has 2 aromatic rings. The van der Waals surface area contributed by atoms with E-state index in [0.717, 1.165) is 21.3 Å². The molecule has 3 saturated heterocycles. The zero-order chi connectivity index (χ0) is 26.1. The zero-order valence-corrected chi connectivity index (χ0v) is 19.6. The van der Waals surface area contributed by atoms with E-state index in [2.05, 4.69) is 9.97 Å². The number of aromatic nitrogens is 4. The van der Waals surface area contributed by atoms with Crippen molar-refractivity contribution in [2.75, 3.05) is 26.4 Å². The molecule has 0 aromatic carbocycles. The fourth-order valence-corrected chi connectivity index (χ4v) is 4.78. The van der Waals surface area contributed by atoms with Gasteiger partial charge >= 0.3 is 11.4 Å².